The molecule has 0 saturated heterocycles. The smallest absolute Gasteiger partial charge is 0.218 e. The monoisotopic (exact) mass is 310 g/mol. The number of hydrogen-bond acceptors (Lipinski definition) is 3. The molecule has 0 unspecified atom stereocenters. The Hall–Kier alpha value is -1.34. The van der Waals surface area contributed by atoms with Crippen molar-refractivity contribution >= 4 is 23.2 Å². The van der Waals surface area contributed by atoms with Crippen molar-refractivity contribution in [3.05, 3.63) is 33.5 Å². The number of aryl methyl sites for hydroxylation is 1. The SMILES string of the molecule is Cc1nn(-c2cc(Cl)nc(C(F)(F)F)n2)c(C)c1Cl. The molecule has 0 N–H and O–H groups in total. The summed E-state index contributed by atoms with van der Waals surface area (Å²) in [5.74, 6) is -1.40. The van der Waals surface area contributed by atoms with Gasteiger partial charge in [-0.25, -0.2) is 14.6 Å². The number of aromatic nitrogens is 4. The van der Waals surface area contributed by atoms with E-state index in [9.17, 15) is 13.2 Å². The third kappa shape index (κ3) is 2.66. The highest BCUT2D eigenvalue weighted by Gasteiger charge is 2.35. The van der Waals surface area contributed by atoms with Crippen LogP contribution in [0.1, 0.15) is 17.2 Å². The average Bonchev–Trinajstić information content (AvgIpc) is 2.55. The summed E-state index contributed by atoms with van der Waals surface area (Å²) in [5, 5.41) is 4.06. The van der Waals surface area contributed by atoms with Crippen LogP contribution in [0.2, 0.25) is 10.2 Å². The summed E-state index contributed by atoms with van der Waals surface area (Å²) in [7, 11) is 0. The molecule has 0 bridgehead atoms. The molecule has 2 aromatic heterocycles. The van der Waals surface area contributed by atoms with E-state index in [1.165, 1.54) is 10.7 Å². The number of hydrogen-bond donors (Lipinski definition) is 0. The van der Waals surface area contributed by atoms with Gasteiger partial charge in [0, 0.05) is 6.07 Å². The van der Waals surface area contributed by atoms with Gasteiger partial charge in [-0.3, -0.25) is 0 Å². The van der Waals surface area contributed by atoms with E-state index in [1.54, 1.807) is 13.8 Å². The normalized spacial score (nSPS) is 11.9. The topological polar surface area (TPSA) is 43.6 Å². The van der Waals surface area contributed by atoms with Crippen molar-refractivity contribution in [1.82, 2.24) is 19.7 Å². The minimum atomic E-state index is -4.68. The number of alkyl halides is 3. The average molecular weight is 311 g/mol. The molecule has 0 aliphatic heterocycles. The van der Waals surface area contributed by atoms with Crippen LogP contribution in [-0.2, 0) is 6.18 Å². The third-order valence-electron chi connectivity index (χ3n) is 2.35. The van der Waals surface area contributed by atoms with Crippen molar-refractivity contribution in [2.45, 2.75) is 20.0 Å². The maximum absolute atomic E-state index is 12.6. The Morgan fingerprint density at radius 2 is 1.79 bits per heavy atom. The molecule has 0 saturated carbocycles. The van der Waals surface area contributed by atoms with E-state index in [1.807, 2.05) is 0 Å². The predicted molar refractivity (Wildman–Crippen MR) is 63.7 cm³/mol. The summed E-state index contributed by atoms with van der Waals surface area (Å²) < 4.78 is 39.0. The maximum Gasteiger partial charge on any atom is 0.451 e. The van der Waals surface area contributed by atoms with Crippen LogP contribution in [0.4, 0.5) is 13.2 Å². The number of halogens is 5. The van der Waals surface area contributed by atoms with Crippen molar-refractivity contribution < 1.29 is 13.2 Å². The second-order valence-electron chi connectivity index (χ2n) is 3.77. The second kappa shape index (κ2) is 4.64. The largest absolute Gasteiger partial charge is 0.451 e. The number of rotatable bonds is 1. The van der Waals surface area contributed by atoms with Crippen LogP contribution in [-0.4, -0.2) is 19.7 Å². The summed E-state index contributed by atoms with van der Waals surface area (Å²) in [6.45, 7) is 3.25. The molecule has 0 fully saturated rings. The fraction of sp³-hybridized carbons (Fsp3) is 0.300. The highest BCUT2D eigenvalue weighted by atomic mass is 35.5. The van der Waals surface area contributed by atoms with E-state index in [2.05, 4.69) is 15.1 Å². The first-order valence-corrected chi connectivity index (χ1v) is 5.79. The highest BCUT2D eigenvalue weighted by molar-refractivity contribution is 6.31. The van der Waals surface area contributed by atoms with Gasteiger partial charge in [-0.15, -0.1) is 0 Å². The minimum Gasteiger partial charge on any atom is -0.218 e. The zero-order valence-electron chi connectivity index (χ0n) is 9.76. The second-order valence-corrected chi connectivity index (χ2v) is 4.53. The lowest BCUT2D eigenvalue weighted by molar-refractivity contribution is -0.145. The lowest BCUT2D eigenvalue weighted by Gasteiger charge is -2.08. The van der Waals surface area contributed by atoms with Gasteiger partial charge in [-0.1, -0.05) is 23.2 Å². The van der Waals surface area contributed by atoms with Crippen LogP contribution in [0.3, 0.4) is 0 Å². The molecule has 9 heteroatoms. The summed E-state index contributed by atoms with van der Waals surface area (Å²) in [4.78, 5) is 6.56. The van der Waals surface area contributed by atoms with Gasteiger partial charge in [-0.05, 0) is 13.8 Å². The van der Waals surface area contributed by atoms with Crippen molar-refractivity contribution in [2.75, 3.05) is 0 Å². The molecule has 0 aromatic carbocycles. The molecule has 0 spiro atoms. The van der Waals surface area contributed by atoms with Gasteiger partial charge < -0.3 is 0 Å². The van der Waals surface area contributed by atoms with E-state index in [0.29, 0.717) is 16.4 Å². The van der Waals surface area contributed by atoms with Gasteiger partial charge in [0.2, 0.25) is 5.82 Å². The van der Waals surface area contributed by atoms with Crippen molar-refractivity contribution in [1.29, 1.82) is 0 Å². The molecule has 0 aliphatic rings. The minimum absolute atomic E-state index is 0.0835. The first-order valence-electron chi connectivity index (χ1n) is 5.04. The third-order valence-corrected chi connectivity index (χ3v) is 3.10. The van der Waals surface area contributed by atoms with Crippen molar-refractivity contribution in [2.24, 2.45) is 0 Å². The van der Waals surface area contributed by atoms with Gasteiger partial charge in [0.25, 0.3) is 0 Å². The maximum atomic E-state index is 12.6. The summed E-state index contributed by atoms with van der Waals surface area (Å²) >= 11 is 11.5. The first kappa shape index (κ1) is 14.1. The summed E-state index contributed by atoms with van der Waals surface area (Å²) in [6, 6.07) is 1.19. The Labute approximate surface area is 116 Å². The Morgan fingerprint density at radius 3 is 2.26 bits per heavy atom. The highest BCUT2D eigenvalue weighted by Crippen LogP contribution is 2.29. The quantitative estimate of drug-likeness (QED) is 0.756. The summed E-state index contributed by atoms with van der Waals surface area (Å²) in [6.07, 6.45) is -4.68. The lowest BCUT2D eigenvalue weighted by Crippen LogP contribution is -2.14. The van der Waals surface area contributed by atoms with E-state index in [0.717, 1.165) is 0 Å². The van der Waals surface area contributed by atoms with Gasteiger partial charge in [0.05, 0.1) is 16.4 Å². The molecule has 102 valence electrons. The Bertz CT molecular complexity index is 636. The fourth-order valence-corrected chi connectivity index (χ4v) is 1.78. The Morgan fingerprint density at radius 1 is 1.16 bits per heavy atom. The predicted octanol–water partition coefficient (Wildman–Crippen LogP) is 3.60. The molecular formula is C10H7Cl2F3N4. The van der Waals surface area contributed by atoms with Crippen LogP contribution in [0.25, 0.3) is 5.82 Å². The molecule has 0 atom stereocenters. The van der Waals surface area contributed by atoms with Gasteiger partial charge in [0.15, 0.2) is 5.82 Å². The molecule has 0 amide bonds. The van der Waals surface area contributed by atoms with E-state index in [-0.39, 0.29) is 11.0 Å². The standard InChI is InChI=1S/C10H7Cl2F3N4/c1-4-8(12)5(2)19(18-4)7-3-6(11)16-9(17-7)10(13,14)15/h3H,1-2H3. The van der Waals surface area contributed by atoms with Gasteiger partial charge >= 0.3 is 6.18 Å². The molecular weight excluding hydrogens is 304 g/mol. The van der Waals surface area contributed by atoms with Crippen molar-refractivity contribution in [3.8, 4) is 5.82 Å². The van der Waals surface area contributed by atoms with Crippen molar-refractivity contribution in [3.63, 3.8) is 0 Å². The Balaban J connectivity index is 2.63. The molecule has 19 heavy (non-hydrogen) atoms. The first-order chi connectivity index (χ1) is 8.70. The lowest BCUT2D eigenvalue weighted by atomic mass is 10.4. The van der Waals surface area contributed by atoms with Crippen LogP contribution in [0.5, 0.6) is 0 Å². The van der Waals surface area contributed by atoms with Crippen LogP contribution >= 0.6 is 23.2 Å². The molecule has 0 radical (unpaired) electrons. The van der Waals surface area contributed by atoms with E-state index in [4.69, 9.17) is 23.2 Å². The zero-order valence-corrected chi connectivity index (χ0v) is 11.3. The number of nitrogens with zero attached hydrogens (tertiary/aromatic N) is 4. The van der Waals surface area contributed by atoms with Crippen LogP contribution in [0, 0.1) is 13.8 Å². The van der Waals surface area contributed by atoms with E-state index < -0.39 is 12.0 Å². The van der Waals surface area contributed by atoms with Crippen LogP contribution < -0.4 is 0 Å². The molecule has 2 heterocycles. The van der Waals surface area contributed by atoms with E-state index >= 15 is 0 Å². The van der Waals surface area contributed by atoms with Crippen LogP contribution in [0.15, 0.2) is 6.07 Å². The molecule has 0 aliphatic carbocycles. The molecule has 2 aromatic rings. The fourth-order valence-electron chi connectivity index (χ4n) is 1.49. The van der Waals surface area contributed by atoms with Gasteiger partial charge in [-0.2, -0.15) is 18.3 Å². The zero-order chi connectivity index (χ0) is 14.4. The summed E-state index contributed by atoms with van der Waals surface area (Å²) in [5.41, 5.74) is 0.963. The molecule has 2 rings (SSSR count). The molecule has 4 nitrogen and oxygen atoms in total. The Kier molecular flexibility index (Phi) is 3.44. The van der Waals surface area contributed by atoms with Gasteiger partial charge in [0.1, 0.15) is 5.15 Å².